The molecule has 0 bridgehead atoms. The second kappa shape index (κ2) is 7.52. The van der Waals surface area contributed by atoms with Gasteiger partial charge in [-0.05, 0) is 73.1 Å². The topological polar surface area (TPSA) is 3.88 Å². The van der Waals surface area contributed by atoms with Gasteiger partial charge in [0.15, 0.2) is 5.54 Å². The van der Waals surface area contributed by atoms with Gasteiger partial charge in [0.25, 0.3) is 0 Å². The Labute approximate surface area is 183 Å². The van der Waals surface area contributed by atoms with Gasteiger partial charge in [-0.3, -0.25) is 0 Å². The predicted octanol–water partition coefficient (Wildman–Crippen LogP) is 7.55. The van der Waals surface area contributed by atoms with E-state index < -0.39 is 0 Å². The molecule has 1 nitrogen and oxygen atoms in total. The lowest BCUT2D eigenvalue weighted by Gasteiger charge is -2.40. The molecular formula is C29H38N+. The summed E-state index contributed by atoms with van der Waals surface area (Å²) in [5, 5.41) is 1.43. The second-order valence-corrected chi connectivity index (χ2v) is 9.94. The minimum atomic E-state index is 0.102. The predicted molar refractivity (Wildman–Crippen MR) is 129 cm³/mol. The first-order valence-corrected chi connectivity index (χ1v) is 11.8. The smallest absolute Gasteiger partial charge is 0.185 e. The SMILES string of the molecule is CCC1(CC)C(C)c2c(cc(C)c(C)c2C)-c2ccc3c(CC(C)C)cccc3[n+]21. The van der Waals surface area contributed by atoms with Gasteiger partial charge >= 0.3 is 0 Å². The summed E-state index contributed by atoms with van der Waals surface area (Å²) in [5.41, 5.74) is 11.7. The normalized spacial score (nSPS) is 17.3. The third-order valence-electron chi connectivity index (χ3n) is 8.09. The number of hydrogen-bond acceptors (Lipinski definition) is 0. The molecular weight excluding hydrogens is 362 g/mol. The zero-order chi connectivity index (χ0) is 21.8. The van der Waals surface area contributed by atoms with E-state index in [1.807, 2.05) is 0 Å². The van der Waals surface area contributed by atoms with Crippen LogP contribution in [0.5, 0.6) is 0 Å². The maximum Gasteiger partial charge on any atom is 0.213 e. The van der Waals surface area contributed by atoms with Gasteiger partial charge in [0.1, 0.15) is 0 Å². The molecule has 0 N–H and O–H groups in total. The summed E-state index contributed by atoms with van der Waals surface area (Å²) in [6, 6.07) is 14.2. The molecule has 2 heterocycles. The average Bonchev–Trinajstić information content (AvgIpc) is 2.72. The van der Waals surface area contributed by atoms with Crippen molar-refractivity contribution in [3.8, 4) is 11.3 Å². The number of benzene rings is 2. The highest BCUT2D eigenvalue weighted by Crippen LogP contribution is 2.48. The van der Waals surface area contributed by atoms with Gasteiger partial charge in [0, 0.05) is 36.3 Å². The highest BCUT2D eigenvalue weighted by molar-refractivity contribution is 5.82. The second-order valence-electron chi connectivity index (χ2n) is 9.94. The summed E-state index contributed by atoms with van der Waals surface area (Å²) in [6.07, 6.45) is 3.41. The van der Waals surface area contributed by atoms with Crippen LogP contribution in [0.3, 0.4) is 0 Å². The molecule has 0 amide bonds. The van der Waals surface area contributed by atoms with Crippen molar-refractivity contribution in [3.05, 3.63) is 64.2 Å². The van der Waals surface area contributed by atoms with Gasteiger partial charge < -0.3 is 0 Å². The van der Waals surface area contributed by atoms with Crippen LogP contribution in [0.25, 0.3) is 22.2 Å². The Morgan fingerprint density at radius 3 is 2.30 bits per heavy atom. The largest absolute Gasteiger partial charge is 0.213 e. The van der Waals surface area contributed by atoms with Crippen molar-refractivity contribution in [2.24, 2.45) is 5.92 Å². The zero-order valence-electron chi connectivity index (χ0n) is 20.2. The van der Waals surface area contributed by atoms with Crippen molar-refractivity contribution in [3.63, 3.8) is 0 Å². The van der Waals surface area contributed by atoms with Crippen LogP contribution in [0, 0.1) is 26.7 Å². The Hall–Kier alpha value is -2.15. The van der Waals surface area contributed by atoms with Crippen LogP contribution in [0.2, 0.25) is 0 Å². The van der Waals surface area contributed by atoms with Gasteiger partial charge in [0.05, 0.1) is 5.56 Å². The van der Waals surface area contributed by atoms with Crippen molar-refractivity contribution in [2.45, 2.75) is 86.1 Å². The maximum atomic E-state index is 2.73. The molecule has 2 aromatic carbocycles. The third kappa shape index (κ3) is 2.85. The monoisotopic (exact) mass is 400 g/mol. The number of aryl methyl sites for hydroxylation is 1. The molecule has 0 radical (unpaired) electrons. The molecule has 30 heavy (non-hydrogen) atoms. The van der Waals surface area contributed by atoms with E-state index >= 15 is 0 Å². The van der Waals surface area contributed by atoms with Crippen molar-refractivity contribution in [1.29, 1.82) is 0 Å². The molecule has 1 aliphatic rings. The van der Waals surface area contributed by atoms with Crippen molar-refractivity contribution in [2.75, 3.05) is 0 Å². The highest BCUT2D eigenvalue weighted by atomic mass is 15.1. The molecule has 1 atom stereocenters. The number of rotatable bonds is 4. The first-order chi connectivity index (χ1) is 14.3. The van der Waals surface area contributed by atoms with E-state index in [4.69, 9.17) is 0 Å². The molecule has 0 saturated carbocycles. The van der Waals surface area contributed by atoms with Crippen molar-refractivity contribution in [1.82, 2.24) is 0 Å². The lowest BCUT2D eigenvalue weighted by molar-refractivity contribution is -0.739. The molecule has 1 aromatic heterocycles. The average molecular weight is 401 g/mol. The fourth-order valence-corrected chi connectivity index (χ4v) is 6.17. The number of pyridine rings is 1. The Bertz CT molecular complexity index is 1120. The van der Waals surface area contributed by atoms with Gasteiger partial charge in [-0.1, -0.05) is 46.8 Å². The van der Waals surface area contributed by atoms with E-state index in [9.17, 15) is 0 Å². The van der Waals surface area contributed by atoms with Gasteiger partial charge in [-0.25, -0.2) is 0 Å². The van der Waals surface area contributed by atoms with Crippen LogP contribution in [-0.2, 0) is 12.0 Å². The fourth-order valence-electron chi connectivity index (χ4n) is 6.17. The van der Waals surface area contributed by atoms with E-state index in [1.54, 1.807) is 5.56 Å². The van der Waals surface area contributed by atoms with Crippen LogP contribution >= 0.6 is 0 Å². The summed E-state index contributed by atoms with van der Waals surface area (Å²) in [6.45, 7) is 18.8. The van der Waals surface area contributed by atoms with Gasteiger partial charge in [0.2, 0.25) is 11.2 Å². The number of nitrogens with zero attached hydrogens (tertiary/aromatic N) is 1. The van der Waals surface area contributed by atoms with Crippen molar-refractivity contribution >= 4 is 10.9 Å². The fraction of sp³-hybridized carbons (Fsp3) is 0.483. The molecule has 1 aliphatic heterocycles. The minimum Gasteiger partial charge on any atom is -0.185 e. The minimum absolute atomic E-state index is 0.102. The van der Waals surface area contributed by atoms with Crippen LogP contribution in [0.1, 0.15) is 81.2 Å². The molecule has 1 heteroatoms. The van der Waals surface area contributed by atoms with E-state index in [2.05, 4.69) is 96.4 Å². The van der Waals surface area contributed by atoms with E-state index in [0.717, 1.165) is 19.3 Å². The Morgan fingerprint density at radius 1 is 0.967 bits per heavy atom. The highest BCUT2D eigenvalue weighted by Gasteiger charge is 2.51. The van der Waals surface area contributed by atoms with Gasteiger partial charge in [-0.2, -0.15) is 4.57 Å². The van der Waals surface area contributed by atoms with Crippen LogP contribution < -0.4 is 4.57 Å². The summed E-state index contributed by atoms with van der Waals surface area (Å²) >= 11 is 0. The van der Waals surface area contributed by atoms with Crippen molar-refractivity contribution < 1.29 is 4.57 Å². The quantitative estimate of drug-likeness (QED) is 0.398. The molecule has 158 valence electrons. The Kier molecular flexibility index (Phi) is 5.29. The maximum absolute atomic E-state index is 2.73. The van der Waals surface area contributed by atoms with E-state index in [0.29, 0.717) is 11.8 Å². The van der Waals surface area contributed by atoms with Crippen LogP contribution in [-0.4, -0.2) is 0 Å². The van der Waals surface area contributed by atoms with E-state index in [-0.39, 0.29) is 5.54 Å². The van der Waals surface area contributed by atoms with Gasteiger partial charge in [-0.15, -0.1) is 0 Å². The third-order valence-corrected chi connectivity index (χ3v) is 8.09. The molecule has 0 spiro atoms. The lowest BCUT2D eigenvalue weighted by Crippen LogP contribution is -2.62. The molecule has 3 aromatic rings. The summed E-state index contributed by atoms with van der Waals surface area (Å²) in [4.78, 5) is 0. The first-order valence-electron chi connectivity index (χ1n) is 11.8. The first kappa shape index (κ1) is 21.1. The molecule has 1 unspecified atom stereocenters. The Morgan fingerprint density at radius 2 is 1.67 bits per heavy atom. The zero-order valence-corrected chi connectivity index (χ0v) is 20.2. The standard InChI is InChI=1S/C29H38N/c1-9-29(10-2)22(8)28-21(7)20(6)19(5)17-25(28)27-15-14-24-23(16-18(3)4)12-11-13-26(24)30(27)29/h11-15,17-18,22H,9-10,16H2,1-8H3/q+1. The Balaban J connectivity index is 2.16. The van der Waals surface area contributed by atoms with Crippen LogP contribution in [0.15, 0.2) is 36.4 Å². The lowest BCUT2D eigenvalue weighted by atomic mass is 9.69. The van der Waals surface area contributed by atoms with Crippen LogP contribution in [0.4, 0.5) is 0 Å². The number of hydrogen-bond donors (Lipinski definition) is 0. The molecule has 0 fully saturated rings. The van der Waals surface area contributed by atoms with E-state index in [1.165, 1.54) is 44.4 Å². The summed E-state index contributed by atoms with van der Waals surface area (Å²) < 4.78 is 2.73. The number of aromatic nitrogens is 1. The molecule has 0 aliphatic carbocycles. The summed E-state index contributed by atoms with van der Waals surface area (Å²) in [5.74, 6) is 1.14. The molecule has 4 rings (SSSR count). The number of fused-ring (bicyclic) bond motifs is 5. The summed E-state index contributed by atoms with van der Waals surface area (Å²) in [7, 11) is 0. The molecule has 0 saturated heterocycles.